The van der Waals surface area contributed by atoms with E-state index in [9.17, 15) is 14.4 Å². The summed E-state index contributed by atoms with van der Waals surface area (Å²) in [6, 6.07) is 7.00. The zero-order chi connectivity index (χ0) is 18.0. The number of carbonyl (C=O) groups is 3. The van der Waals surface area contributed by atoms with E-state index in [-0.39, 0.29) is 23.6 Å². The number of Topliss-reactive ketones (excluding diaryl/α,β-unsaturated/α-hetero) is 1. The third-order valence-corrected chi connectivity index (χ3v) is 4.99. The number of nitrogens with one attached hydrogen (secondary N) is 1. The number of benzene rings is 1. The molecular formula is C19H25N3O3. The highest BCUT2D eigenvalue weighted by Crippen LogP contribution is 2.19. The van der Waals surface area contributed by atoms with Crippen molar-refractivity contribution < 1.29 is 14.4 Å². The van der Waals surface area contributed by atoms with Crippen molar-refractivity contribution in [2.75, 3.05) is 26.2 Å². The highest BCUT2D eigenvalue weighted by atomic mass is 16.2. The van der Waals surface area contributed by atoms with Gasteiger partial charge in [0.15, 0.2) is 5.78 Å². The summed E-state index contributed by atoms with van der Waals surface area (Å²) in [6.07, 6.45) is 2.17. The molecule has 1 aromatic carbocycles. The second-order valence-electron chi connectivity index (χ2n) is 6.92. The SMILES string of the molecule is CC(=O)c1ccc(C(=O)N2CCN(C(C)C(=O)NC3CC3)CC2)cc1. The molecule has 1 heterocycles. The first-order chi connectivity index (χ1) is 12.0. The van der Waals surface area contributed by atoms with Gasteiger partial charge in [-0.25, -0.2) is 0 Å². The Labute approximate surface area is 148 Å². The Hall–Kier alpha value is -2.21. The normalized spacial score (nSPS) is 19.4. The minimum atomic E-state index is -0.160. The molecule has 134 valence electrons. The maximum absolute atomic E-state index is 12.6. The largest absolute Gasteiger partial charge is 0.352 e. The molecule has 1 aliphatic carbocycles. The number of amides is 2. The molecule has 1 saturated heterocycles. The number of hydrogen-bond acceptors (Lipinski definition) is 4. The van der Waals surface area contributed by atoms with Gasteiger partial charge in [-0.3, -0.25) is 19.3 Å². The number of ketones is 1. The molecule has 1 atom stereocenters. The summed E-state index contributed by atoms with van der Waals surface area (Å²) in [7, 11) is 0. The van der Waals surface area contributed by atoms with E-state index < -0.39 is 0 Å². The summed E-state index contributed by atoms with van der Waals surface area (Å²) in [4.78, 5) is 40.0. The Bertz CT molecular complexity index is 659. The first kappa shape index (κ1) is 17.6. The van der Waals surface area contributed by atoms with Gasteiger partial charge in [-0.15, -0.1) is 0 Å². The van der Waals surface area contributed by atoms with Gasteiger partial charge in [-0.05, 0) is 38.8 Å². The van der Waals surface area contributed by atoms with Crippen molar-refractivity contribution in [3.63, 3.8) is 0 Å². The molecule has 6 nitrogen and oxygen atoms in total. The summed E-state index contributed by atoms with van der Waals surface area (Å²) in [5, 5.41) is 3.04. The zero-order valence-corrected chi connectivity index (χ0v) is 14.8. The first-order valence-corrected chi connectivity index (χ1v) is 8.90. The van der Waals surface area contributed by atoms with Gasteiger partial charge < -0.3 is 10.2 Å². The number of carbonyl (C=O) groups excluding carboxylic acids is 3. The fraction of sp³-hybridized carbons (Fsp3) is 0.526. The standard InChI is InChI=1S/C19H25N3O3/c1-13(18(24)20-17-7-8-17)21-9-11-22(12-10-21)19(25)16-5-3-15(4-6-16)14(2)23/h3-6,13,17H,7-12H2,1-2H3,(H,20,24). The van der Waals surface area contributed by atoms with E-state index in [2.05, 4.69) is 10.2 Å². The van der Waals surface area contributed by atoms with Gasteiger partial charge >= 0.3 is 0 Å². The lowest BCUT2D eigenvalue weighted by Gasteiger charge is -2.37. The molecule has 3 rings (SSSR count). The molecule has 1 unspecified atom stereocenters. The molecule has 0 aromatic heterocycles. The third-order valence-electron chi connectivity index (χ3n) is 4.99. The predicted octanol–water partition coefficient (Wildman–Crippen LogP) is 1.31. The van der Waals surface area contributed by atoms with Crippen LogP contribution < -0.4 is 5.32 Å². The van der Waals surface area contributed by atoms with E-state index >= 15 is 0 Å². The van der Waals surface area contributed by atoms with E-state index in [1.807, 2.05) is 11.8 Å². The van der Waals surface area contributed by atoms with Crippen molar-refractivity contribution in [2.45, 2.75) is 38.8 Å². The molecule has 2 fully saturated rings. The van der Waals surface area contributed by atoms with Crippen LogP contribution in [0.4, 0.5) is 0 Å². The summed E-state index contributed by atoms with van der Waals surface area (Å²) in [5.41, 5.74) is 1.20. The lowest BCUT2D eigenvalue weighted by atomic mass is 10.1. The number of nitrogens with zero attached hydrogens (tertiary/aromatic N) is 2. The van der Waals surface area contributed by atoms with Crippen molar-refractivity contribution in [2.24, 2.45) is 0 Å². The van der Waals surface area contributed by atoms with Crippen LogP contribution in [0.5, 0.6) is 0 Å². The molecule has 2 amide bonds. The molecule has 0 bridgehead atoms. The molecule has 2 aliphatic rings. The molecule has 0 radical (unpaired) electrons. The molecule has 0 spiro atoms. The minimum absolute atomic E-state index is 0.00826. The predicted molar refractivity (Wildman–Crippen MR) is 94.5 cm³/mol. The van der Waals surface area contributed by atoms with Crippen molar-refractivity contribution >= 4 is 17.6 Å². The molecule has 1 saturated carbocycles. The van der Waals surface area contributed by atoms with Crippen molar-refractivity contribution in [1.29, 1.82) is 0 Å². The Morgan fingerprint density at radius 2 is 1.56 bits per heavy atom. The van der Waals surface area contributed by atoms with Crippen LogP contribution in [0.2, 0.25) is 0 Å². The molecule has 6 heteroatoms. The summed E-state index contributed by atoms with van der Waals surface area (Å²) >= 11 is 0. The average Bonchev–Trinajstić information content (AvgIpc) is 3.44. The van der Waals surface area contributed by atoms with E-state index in [1.165, 1.54) is 6.92 Å². The van der Waals surface area contributed by atoms with Crippen LogP contribution in [0.1, 0.15) is 47.4 Å². The first-order valence-electron chi connectivity index (χ1n) is 8.90. The fourth-order valence-electron chi connectivity index (χ4n) is 3.06. The second-order valence-corrected chi connectivity index (χ2v) is 6.92. The van der Waals surface area contributed by atoms with Crippen molar-refractivity contribution in [1.82, 2.24) is 15.1 Å². The Morgan fingerprint density at radius 3 is 2.08 bits per heavy atom. The van der Waals surface area contributed by atoms with E-state index in [0.717, 1.165) is 12.8 Å². The highest BCUT2D eigenvalue weighted by Gasteiger charge is 2.31. The van der Waals surface area contributed by atoms with Crippen LogP contribution in [0.15, 0.2) is 24.3 Å². The smallest absolute Gasteiger partial charge is 0.253 e. The van der Waals surface area contributed by atoms with E-state index in [0.29, 0.717) is 43.3 Å². The average molecular weight is 343 g/mol. The van der Waals surface area contributed by atoms with Crippen LogP contribution >= 0.6 is 0 Å². The lowest BCUT2D eigenvalue weighted by Crippen LogP contribution is -2.55. The van der Waals surface area contributed by atoms with Gasteiger partial charge in [0.1, 0.15) is 0 Å². The van der Waals surface area contributed by atoms with Crippen LogP contribution in [0.25, 0.3) is 0 Å². The third kappa shape index (κ3) is 4.25. The minimum Gasteiger partial charge on any atom is -0.352 e. The van der Waals surface area contributed by atoms with Crippen LogP contribution in [-0.2, 0) is 4.79 Å². The second kappa shape index (κ2) is 7.35. The highest BCUT2D eigenvalue weighted by molar-refractivity contribution is 5.97. The van der Waals surface area contributed by atoms with Gasteiger partial charge in [0, 0.05) is 43.3 Å². The summed E-state index contributed by atoms with van der Waals surface area (Å²) in [6.45, 7) is 6.03. The van der Waals surface area contributed by atoms with Crippen molar-refractivity contribution in [3.05, 3.63) is 35.4 Å². The van der Waals surface area contributed by atoms with E-state index in [1.54, 1.807) is 24.3 Å². The van der Waals surface area contributed by atoms with Crippen LogP contribution in [-0.4, -0.2) is 65.7 Å². The Morgan fingerprint density at radius 1 is 1.00 bits per heavy atom. The number of rotatable bonds is 5. The van der Waals surface area contributed by atoms with Crippen LogP contribution in [0, 0.1) is 0 Å². The molecule has 1 aromatic rings. The lowest BCUT2D eigenvalue weighted by molar-refractivity contribution is -0.126. The molecule has 1 N–H and O–H groups in total. The fourth-order valence-corrected chi connectivity index (χ4v) is 3.06. The molecular weight excluding hydrogens is 318 g/mol. The Balaban J connectivity index is 1.53. The van der Waals surface area contributed by atoms with Gasteiger partial charge in [0.05, 0.1) is 6.04 Å². The van der Waals surface area contributed by atoms with Crippen molar-refractivity contribution in [3.8, 4) is 0 Å². The molecule has 25 heavy (non-hydrogen) atoms. The summed E-state index contributed by atoms with van der Waals surface area (Å²) in [5.74, 6) is 0.0537. The number of hydrogen-bond donors (Lipinski definition) is 1. The Kier molecular flexibility index (Phi) is 5.18. The maximum atomic E-state index is 12.6. The van der Waals surface area contributed by atoms with Crippen LogP contribution in [0.3, 0.4) is 0 Å². The summed E-state index contributed by atoms with van der Waals surface area (Å²) < 4.78 is 0. The van der Waals surface area contributed by atoms with Gasteiger partial charge in [-0.1, -0.05) is 12.1 Å². The quantitative estimate of drug-likeness (QED) is 0.819. The van der Waals surface area contributed by atoms with Gasteiger partial charge in [0.25, 0.3) is 5.91 Å². The topological polar surface area (TPSA) is 69.7 Å². The van der Waals surface area contributed by atoms with Gasteiger partial charge in [0.2, 0.25) is 5.91 Å². The van der Waals surface area contributed by atoms with Gasteiger partial charge in [-0.2, -0.15) is 0 Å². The number of piperazine rings is 1. The van der Waals surface area contributed by atoms with E-state index in [4.69, 9.17) is 0 Å². The molecule has 1 aliphatic heterocycles. The maximum Gasteiger partial charge on any atom is 0.253 e. The monoisotopic (exact) mass is 343 g/mol. The zero-order valence-electron chi connectivity index (χ0n) is 14.8.